The van der Waals surface area contributed by atoms with Crippen molar-refractivity contribution in [3.05, 3.63) is 48.5 Å². The van der Waals surface area contributed by atoms with Gasteiger partial charge in [0.05, 0.1) is 13.2 Å². The van der Waals surface area contributed by atoms with Crippen LogP contribution in [0, 0.1) is 0 Å². The second-order valence-corrected chi connectivity index (χ2v) is 12.7. The second-order valence-electron chi connectivity index (χ2n) is 7.53. The minimum atomic E-state index is 0.399. The molecule has 5 nitrogen and oxygen atoms in total. The van der Waals surface area contributed by atoms with Gasteiger partial charge in [0.1, 0.15) is 11.5 Å². The fraction of sp³-hybridized carbons (Fsp3) is 0.480. The maximum atomic E-state index is 5.64. The van der Waals surface area contributed by atoms with E-state index in [1.807, 2.05) is 74.1 Å². The Labute approximate surface area is 223 Å². The molecule has 0 aromatic heterocycles. The number of thioether (sulfide) groups is 1. The summed E-state index contributed by atoms with van der Waals surface area (Å²) in [4.78, 5) is 0. The van der Waals surface area contributed by atoms with Crippen molar-refractivity contribution in [1.82, 2.24) is 0 Å². The molecule has 0 aliphatic carbocycles. The van der Waals surface area contributed by atoms with Gasteiger partial charge in [0.15, 0.2) is 5.11 Å². The van der Waals surface area contributed by atoms with Gasteiger partial charge >= 0.3 is 88.2 Å². The molecule has 2 radical (unpaired) electrons. The summed E-state index contributed by atoms with van der Waals surface area (Å²) in [5.74, 6) is 1.69. The third-order valence-electron chi connectivity index (χ3n) is 4.55. The zero-order valence-corrected chi connectivity index (χ0v) is 25.2. The standard InChI is InChI=1S/C17H20N2O2S.C8H18NS.Sn.H/c1-3-20-15-9-5-13(6-10-15)18-17(22)19-14-7-11-16(12-8-14)21-4-2;1-8(9)6-4-3-5-7-10-2;;/h5-12H,3-4H2,1-2H3,(H2,18,19,22);7-8H,3-6,9H2,1-2H3;;. The van der Waals surface area contributed by atoms with Crippen LogP contribution in [0.25, 0.3) is 0 Å². The molecule has 4 N–H and O–H groups in total. The van der Waals surface area contributed by atoms with Crippen LogP contribution in [0.5, 0.6) is 11.5 Å². The van der Waals surface area contributed by atoms with Gasteiger partial charge in [0.25, 0.3) is 0 Å². The molecular weight excluding hydrogens is 557 g/mol. The molecule has 0 aliphatic heterocycles. The van der Waals surface area contributed by atoms with E-state index in [1.165, 1.54) is 48.2 Å². The number of thiocarbonyl (C=S) groups is 1. The molecule has 2 aromatic carbocycles. The minimum absolute atomic E-state index is 0.399. The molecule has 2 aromatic rings. The van der Waals surface area contributed by atoms with E-state index in [1.54, 1.807) is 0 Å². The molecule has 0 aliphatic rings. The van der Waals surface area contributed by atoms with E-state index in [9.17, 15) is 0 Å². The molecule has 0 bridgehead atoms. The zero-order chi connectivity index (χ0) is 24.5. The molecule has 0 fully saturated rings. The molecule has 0 saturated heterocycles. The first-order valence-corrected chi connectivity index (χ1v) is 15.1. The molecule has 0 saturated carbocycles. The Balaban J connectivity index is 0.000000420. The molecule has 2 unspecified atom stereocenters. The molecule has 8 heteroatoms. The van der Waals surface area contributed by atoms with Gasteiger partial charge in [-0.1, -0.05) is 0 Å². The number of nitrogens with one attached hydrogen (secondary N) is 2. The summed E-state index contributed by atoms with van der Waals surface area (Å²) in [6.45, 7) is 7.32. The van der Waals surface area contributed by atoms with Crippen LogP contribution in [0.1, 0.15) is 46.5 Å². The van der Waals surface area contributed by atoms with E-state index in [2.05, 4.69) is 23.8 Å². The fourth-order valence-corrected chi connectivity index (χ4v) is 4.14. The van der Waals surface area contributed by atoms with Crippen molar-refractivity contribution in [2.24, 2.45) is 5.73 Å². The van der Waals surface area contributed by atoms with Crippen molar-refractivity contribution in [3.63, 3.8) is 0 Å². The van der Waals surface area contributed by atoms with E-state index in [0.717, 1.165) is 26.1 Å². The van der Waals surface area contributed by atoms with Gasteiger partial charge in [-0.25, -0.2) is 0 Å². The average molecular weight is 596 g/mol. The van der Waals surface area contributed by atoms with Crippen molar-refractivity contribution in [1.29, 1.82) is 0 Å². The van der Waals surface area contributed by atoms with Gasteiger partial charge < -0.3 is 20.1 Å². The summed E-state index contributed by atoms with van der Waals surface area (Å²) >= 11 is 8.71. The number of unbranched alkanes of at least 4 members (excludes halogenated alkanes) is 1. The van der Waals surface area contributed by atoms with E-state index in [-0.39, 0.29) is 0 Å². The number of hydrogen-bond donors (Lipinski definition) is 3. The number of benzene rings is 2. The number of hydrogen-bond acceptors (Lipinski definition) is 5. The van der Waals surface area contributed by atoms with Crippen molar-refractivity contribution in [2.45, 2.75) is 55.8 Å². The Kier molecular flexibility index (Phi) is 16.5. The number of nitrogens with two attached hydrogens (primary N) is 1. The fourth-order valence-electron chi connectivity index (χ4n) is 2.83. The van der Waals surface area contributed by atoms with E-state index in [4.69, 9.17) is 27.4 Å². The maximum absolute atomic E-state index is 5.64. The first-order chi connectivity index (χ1) is 15.9. The molecule has 33 heavy (non-hydrogen) atoms. The van der Waals surface area contributed by atoms with E-state index >= 15 is 0 Å². The van der Waals surface area contributed by atoms with Gasteiger partial charge in [-0.15, -0.1) is 0 Å². The van der Waals surface area contributed by atoms with Crippen LogP contribution in [0.3, 0.4) is 0 Å². The van der Waals surface area contributed by atoms with Crippen LogP contribution >= 0.6 is 24.0 Å². The molecule has 182 valence electrons. The van der Waals surface area contributed by atoms with Crippen LogP contribution in [-0.2, 0) is 0 Å². The molecule has 2 rings (SSSR count). The summed E-state index contributed by atoms with van der Waals surface area (Å²) in [6.07, 6.45) is 7.49. The average Bonchev–Trinajstić information content (AvgIpc) is 2.80. The van der Waals surface area contributed by atoms with E-state index in [0.29, 0.717) is 24.4 Å². The van der Waals surface area contributed by atoms with Gasteiger partial charge in [-0.3, -0.25) is 0 Å². The van der Waals surface area contributed by atoms with Gasteiger partial charge in [-0.05, 0) is 74.6 Å². The summed E-state index contributed by atoms with van der Waals surface area (Å²) < 4.78 is 11.8. The predicted octanol–water partition coefficient (Wildman–Crippen LogP) is 5.78. The van der Waals surface area contributed by atoms with Crippen molar-refractivity contribution >= 4 is 63.0 Å². The third-order valence-corrected chi connectivity index (χ3v) is 8.87. The van der Waals surface area contributed by atoms with Crippen LogP contribution in [-0.4, -0.2) is 56.4 Å². The van der Waals surface area contributed by atoms with Crippen molar-refractivity contribution in [2.75, 3.05) is 30.1 Å². The van der Waals surface area contributed by atoms with Crippen LogP contribution < -0.4 is 25.8 Å². The predicted molar refractivity (Wildman–Crippen MR) is 152 cm³/mol. The number of ether oxygens (including phenoxy) is 2. The second kappa shape index (κ2) is 18.2. The zero-order valence-electron chi connectivity index (χ0n) is 20.3. The van der Waals surface area contributed by atoms with E-state index < -0.39 is 0 Å². The first kappa shape index (κ1) is 29.9. The monoisotopic (exact) mass is 597 g/mol. The van der Waals surface area contributed by atoms with Gasteiger partial charge in [-0.2, -0.15) is 0 Å². The Hall–Kier alpha value is -1.16. The Bertz CT molecular complexity index is 721. The topological polar surface area (TPSA) is 68.5 Å². The van der Waals surface area contributed by atoms with Gasteiger partial charge in [0, 0.05) is 11.4 Å². The molecular formula is C25H39N3O2S2Sn. The Morgan fingerprint density at radius 1 is 0.909 bits per heavy atom. The number of rotatable bonds is 12. The van der Waals surface area contributed by atoms with Gasteiger partial charge in [0.2, 0.25) is 0 Å². The van der Waals surface area contributed by atoms with Crippen LogP contribution in [0.4, 0.5) is 11.4 Å². The summed E-state index contributed by atoms with van der Waals surface area (Å²) in [5, 5.41) is 6.80. The summed E-state index contributed by atoms with van der Waals surface area (Å²) in [6, 6.07) is 15.7. The van der Waals surface area contributed by atoms with Crippen molar-refractivity contribution in [3.8, 4) is 11.5 Å². The SMILES string of the molecule is CCOc1ccc(NC(=S)Nc2ccc(OCC)cc2)cc1.CS[CH]([SnH])CCCCC(C)N. The quantitative estimate of drug-likeness (QED) is 0.163. The molecule has 0 amide bonds. The molecule has 2 atom stereocenters. The first-order valence-electron chi connectivity index (χ1n) is 11.5. The normalized spacial score (nSPS) is 12.1. The Morgan fingerprint density at radius 3 is 1.70 bits per heavy atom. The molecule has 0 spiro atoms. The summed E-state index contributed by atoms with van der Waals surface area (Å²) in [5.41, 5.74) is 7.46. The number of anilines is 2. The summed E-state index contributed by atoms with van der Waals surface area (Å²) in [7, 11) is 0. The van der Waals surface area contributed by atoms with Crippen LogP contribution in [0.2, 0.25) is 0 Å². The molecule has 0 heterocycles. The third kappa shape index (κ3) is 14.7. The van der Waals surface area contributed by atoms with Crippen molar-refractivity contribution < 1.29 is 9.47 Å². The van der Waals surface area contributed by atoms with Crippen LogP contribution in [0.15, 0.2) is 48.5 Å². The Morgan fingerprint density at radius 2 is 1.33 bits per heavy atom.